The fourth-order valence-electron chi connectivity index (χ4n) is 4.35. The third-order valence-corrected chi connectivity index (χ3v) is 7.02. The van der Waals surface area contributed by atoms with Gasteiger partial charge in [-0.1, -0.05) is 23.5 Å². The maximum absolute atomic E-state index is 13.3. The van der Waals surface area contributed by atoms with E-state index >= 15 is 0 Å². The van der Waals surface area contributed by atoms with E-state index in [1.54, 1.807) is 42.7 Å². The third-order valence-electron chi connectivity index (χ3n) is 6.00. The number of hydrogen-bond acceptors (Lipinski definition) is 8. The quantitative estimate of drug-likeness (QED) is 0.261. The number of carbonyl (C=O) groups excluding carboxylic acids is 2. The molecule has 1 atom stereocenters. The Balaban J connectivity index is 1.53. The Bertz CT molecular complexity index is 1530. The molecule has 1 amide bonds. The number of carbonyl (C=O) groups is 2. The van der Waals surface area contributed by atoms with Crippen LogP contribution in [0.3, 0.4) is 0 Å². The number of rotatable bonds is 3. The van der Waals surface area contributed by atoms with Crippen molar-refractivity contribution in [2.24, 2.45) is 0 Å². The van der Waals surface area contributed by atoms with Crippen LogP contribution in [0, 0.1) is 6.92 Å². The maximum Gasteiger partial charge on any atom is 0.301 e. The van der Waals surface area contributed by atoms with Gasteiger partial charge in [0.2, 0.25) is 0 Å². The Labute approximate surface area is 204 Å². The number of nitrogens with zero attached hydrogens (tertiary/aromatic N) is 3. The monoisotopic (exact) mass is 485 g/mol. The molecule has 0 radical (unpaired) electrons. The third kappa shape index (κ3) is 3.52. The molecule has 2 aromatic carbocycles. The normalized spacial score (nSPS) is 18.9. The van der Waals surface area contributed by atoms with Crippen LogP contribution in [0.1, 0.15) is 22.7 Å². The first-order chi connectivity index (χ1) is 17.0. The molecule has 1 unspecified atom stereocenters. The second-order valence-corrected chi connectivity index (χ2v) is 9.29. The first kappa shape index (κ1) is 21.3. The highest BCUT2D eigenvalue weighted by Gasteiger charge is 2.48. The number of aromatic nitrogens is 2. The first-order valence-corrected chi connectivity index (χ1v) is 11.8. The summed E-state index contributed by atoms with van der Waals surface area (Å²) in [7, 11) is 0. The van der Waals surface area contributed by atoms with Gasteiger partial charge in [-0.05, 0) is 54.4 Å². The number of aryl methyl sites for hydroxylation is 1. The summed E-state index contributed by atoms with van der Waals surface area (Å²) in [5, 5.41) is 11.7. The average molecular weight is 486 g/mol. The van der Waals surface area contributed by atoms with E-state index in [-0.39, 0.29) is 11.3 Å². The molecule has 9 heteroatoms. The molecule has 0 spiro atoms. The smallest absolute Gasteiger partial charge is 0.301 e. The van der Waals surface area contributed by atoms with Crippen molar-refractivity contribution in [2.75, 3.05) is 18.1 Å². The molecule has 0 aliphatic carbocycles. The van der Waals surface area contributed by atoms with Crippen LogP contribution in [0.4, 0.5) is 5.13 Å². The van der Waals surface area contributed by atoms with Gasteiger partial charge in [0.1, 0.15) is 19.0 Å². The van der Waals surface area contributed by atoms with Gasteiger partial charge in [-0.25, -0.2) is 4.98 Å². The van der Waals surface area contributed by atoms with Gasteiger partial charge in [0.15, 0.2) is 16.6 Å². The standard InChI is InChI=1S/C26H19N3O5S/c1-14-4-6-17-20(11-14)35-26(28-17)29-22(16-3-2-8-27-13-16)21(24(31)25(29)32)23(30)15-5-7-18-19(12-15)34-10-9-33-18/h2-8,11-13,22,30H,9-10H2,1H3/b23-21-. The number of aliphatic hydroxyl groups is 1. The number of ketones is 1. The van der Waals surface area contributed by atoms with E-state index in [2.05, 4.69) is 9.97 Å². The summed E-state index contributed by atoms with van der Waals surface area (Å²) in [5.74, 6) is -0.820. The summed E-state index contributed by atoms with van der Waals surface area (Å²) < 4.78 is 12.1. The van der Waals surface area contributed by atoms with Crippen LogP contribution >= 0.6 is 11.3 Å². The number of thiazole rings is 1. The highest BCUT2D eigenvalue weighted by Crippen LogP contribution is 2.45. The molecule has 174 valence electrons. The molecular formula is C26H19N3O5S. The van der Waals surface area contributed by atoms with Crippen LogP contribution in [-0.2, 0) is 9.59 Å². The Hall–Kier alpha value is -4.24. The number of benzene rings is 2. The predicted molar refractivity (Wildman–Crippen MR) is 131 cm³/mol. The van der Waals surface area contributed by atoms with E-state index in [1.807, 2.05) is 25.1 Å². The number of aliphatic hydroxyl groups excluding tert-OH is 1. The van der Waals surface area contributed by atoms with Crippen LogP contribution in [0.25, 0.3) is 16.0 Å². The fraction of sp³-hybridized carbons (Fsp3) is 0.154. The summed E-state index contributed by atoms with van der Waals surface area (Å²) in [5.41, 5.74) is 2.70. The van der Waals surface area contributed by atoms with Crippen molar-refractivity contribution in [3.63, 3.8) is 0 Å². The highest BCUT2D eigenvalue weighted by molar-refractivity contribution is 7.22. The number of fused-ring (bicyclic) bond motifs is 2. The van der Waals surface area contributed by atoms with Crippen molar-refractivity contribution in [1.82, 2.24) is 9.97 Å². The van der Waals surface area contributed by atoms with Gasteiger partial charge >= 0.3 is 5.91 Å². The van der Waals surface area contributed by atoms with Crippen molar-refractivity contribution in [3.8, 4) is 11.5 Å². The molecule has 4 aromatic rings. The summed E-state index contributed by atoms with van der Waals surface area (Å²) >= 11 is 1.32. The number of anilines is 1. The fourth-order valence-corrected chi connectivity index (χ4v) is 5.44. The molecule has 6 rings (SSSR count). The van der Waals surface area contributed by atoms with Gasteiger partial charge in [0.05, 0.1) is 21.8 Å². The van der Waals surface area contributed by atoms with E-state index < -0.39 is 17.7 Å². The van der Waals surface area contributed by atoms with Crippen molar-refractivity contribution >= 4 is 44.1 Å². The second kappa shape index (κ2) is 8.21. The van der Waals surface area contributed by atoms with Crippen LogP contribution in [0.5, 0.6) is 11.5 Å². The minimum atomic E-state index is -0.890. The van der Waals surface area contributed by atoms with Gasteiger partial charge in [-0.15, -0.1) is 0 Å². The number of hydrogen-bond donors (Lipinski definition) is 1. The van der Waals surface area contributed by atoms with Crippen molar-refractivity contribution in [1.29, 1.82) is 0 Å². The van der Waals surface area contributed by atoms with E-state index in [1.165, 1.54) is 16.2 Å². The number of Topliss-reactive ketones (excluding diaryl/α,β-unsaturated/α-hetero) is 1. The maximum atomic E-state index is 13.3. The minimum Gasteiger partial charge on any atom is -0.507 e. The number of amides is 1. The summed E-state index contributed by atoms with van der Waals surface area (Å²) in [6.45, 7) is 2.80. The lowest BCUT2D eigenvalue weighted by Gasteiger charge is -2.23. The SMILES string of the molecule is Cc1ccc2nc(N3C(=O)C(=O)/C(=C(\O)c4ccc5c(c4)OCCO5)C3c3cccnc3)sc2c1. The molecule has 2 aliphatic rings. The van der Waals surface area contributed by atoms with Crippen LogP contribution in [0.2, 0.25) is 0 Å². The van der Waals surface area contributed by atoms with Crippen LogP contribution in [-0.4, -0.2) is 40.0 Å². The van der Waals surface area contributed by atoms with E-state index in [9.17, 15) is 14.7 Å². The van der Waals surface area contributed by atoms with Gasteiger partial charge in [-0.3, -0.25) is 19.5 Å². The summed E-state index contributed by atoms with van der Waals surface area (Å²) in [4.78, 5) is 36.8. The highest BCUT2D eigenvalue weighted by atomic mass is 32.1. The zero-order chi connectivity index (χ0) is 24.1. The van der Waals surface area contributed by atoms with Gasteiger partial charge < -0.3 is 14.6 Å². The zero-order valence-electron chi connectivity index (χ0n) is 18.6. The van der Waals surface area contributed by atoms with Crippen molar-refractivity contribution in [3.05, 3.63) is 83.2 Å². The topological polar surface area (TPSA) is 102 Å². The lowest BCUT2D eigenvalue weighted by atomic mass is 9.96. The summed E-state index contributed by atoms with van der Waals surface area (Å²) in [6.07, 6.45) is 3.19. The largest absolute Gasteiger partial charge is 0.507 e. The van der Waals surface area contributed by atoms with Gasteiger partial charge in [0.25, 0.3) is 5.78 Å². The summed E-state index contributed by atoms with van der Waals surface area (Å²) in [6, 6.07) is 13.3. The Morgan fingerprint density at radius 2 is 1.91 bits per heavy atom. The van der Waals surface area contributed by atoms with Gasteiger partial charge in [0, 0.05) is 18.0 Å². The molecule has 1 saturated heterocycles. The van der Waals surface area contributed by atoms with E-state index in [4.69, 9.17) is 9.47 Å². The molecule has 0 saturated carbocycles. The average Bonchev–Trinajstić information content (AvgIpc) is 3.41. The lowest BCUT2D eigenvalue weighted by molar-refractivity contribution is -0.132. The van der Waals surface area contributed by atoms with Crippen molar-refractivity contribution < 1.29 is 24.2 Å². The molecule has 2 aliphatic heterocycles. The lowest BCUT2D eigenvalue weighted by Crippen LogP contribution is -2.29. The Morgan fingerprint density at radius 3 is 2.71 bits per heavy atom. The molecule has 1 N–H and O–H groups in total. The Morgan fingerprint density at radius 1 is 1.09 bits per heavy atom. The number of pyridine rings is 1. The van der Waals surface area contributed by atoms with Gasteiger partial charge in [-0.2, -0.15) is 0 Å². The van der Waals surface area contributed by atoms with Crippen LogP contribution in [0.15, 0.2) is 66.5 Å². The molecule has 0 bridgehead atoms. The molecule has 8 nitrogen and oxygen atoms in total. The number of ether oxygens (including phenoxy) is 2. The molecular weight excluding hydrogens is 466 g/mol. The van der Waals surface area contributed by atoms with Crippen molar-refractivity contribution in [2.45, 2.75) is 13.0 Å². The van der Waals surface area contributed by atoms with E-state index in [0.29, 0.717) is 41.0 Å². The molecule has 35 heavy (non-hydrogen) atoms. The van der Waals surface area contributed by atoms with E-state index in [0.717, 1.165) is 15.8 Å². The molecule has 1 fully saturated rings. The molecule has 2 aromatic heterocycles. The van der Waals surface area contributed by atoms with Crippen LogP contribution < -0.4 is 14.4 Å². The predicted octanol–water partition coefficient (Wildman–Crippen LogP) is 4.40. The second-order valence-electron chi connectivity index (χ2n) is 8.28. The molecule has 4 heterocycles. The zero-order valence-corrected chi connectivity index (χ0v) is 19.4. The minimum absolute atomic E-state index is 0.0323. The first-order valence-electron chi connectivity index (χ1n) is 11.0. The Kier molecular flexibility index (Phi) is 5.00.